The third-order valence-corrected chi connectivity index (χ3v) is 4.14. The Morgan fingerprint density at radius 1 is 1.30 bits per heavy atom. The lowest BCUT2D eigenvalue weighted by atomic mass is 10.1. The van der Waals surface area contributed by atoms with E-state index in [0.717, 1.165) is 24.0 Å². The lowest BCUT2D eigenvalue weighted by Crippen LogP contribution is -2.40. The predicted octanol–water partition coefficient (Wildman–Crippen LogP) is 4.49. The summed E-state index contributed by atoms with van der Waals surface area (Å²) in [6.07, 6.45) is 0.686. The van der Waals surface area contributed by atoms with Gasteiger partial charge in [-0.3, -0.25) is 0 Å². The Kier molecular flexibility index (Phi) is 8.06. The van der Waals surface area contributed by atoms with Crippen molar-refractivity contribution in [1.29, 1.82) is 0 Å². The molecule has 1 N–H and O–H groups in total. The minimum atomic E-state index is -0.453. The summed E-state index contributed by atoms with van der Waals surface area (Å²) >= 11 is 3.51. The molecule has 1 aromatic carbocycles. The molecular formula is C18H29BrN2O2. The Morgan fingerprint density at radius 2 is 2.00 bits per heavy atom. The number of aryl methyl sites for hydroxylation is 1. The van der Waals surface area contributed by atoms with E-state index in [4.69, 9.17) is 4.74 Å². The molecule has 0 heterocycles. The minimum Gasteiger partial charge on any atom is -0.444 e. The number of amides is 1. The number of carbonyl (C=O) groups excluding carboxylic acids is 1. The Bertz CT molecular complexity index is 512. The van der Waals surface area contributed by atoms with Crippen molar-refractivity contribution in [3.05, 3.63) is 33.8 Å². The molecule has 1 aromatic rings. The van der Waals surface area contributed by atoms with Crippen LogP contribution in [0.15, 0.2) is 22.7 Å². The Labute approximate surface area is 148 Å². The number of carbonyl (C=O) groups is 1. The third kappa shape index (κ3) is 7.84. The summed E-state index contributed by atoms with van der Waals surface area (Å²) in [5.41, 5.74) is 2.02. The predicted molar refractivity (Wildman–Crippen MR) is 98.7 cm³/mol. The maximum Gasteiger partial charge on any atom is 0.410 e. The monoisotopic (exact) mass is 384 g/mol. The van der Waals surface area contributed by atoms with Gasteiger partial charge in [0.05, 0.1) is 0 Å². The zero-order chi connectivity index (χ0) is 17.5. The molecule has 0 atom stereocenters. The van der Waals surface area contributed by atoms with Gasteiger partial charge in [0.2, 0.25) is 0 Å². The van der Waals surface area contributed by atoms with E-state index in [2.05, 4.69) is 53.3 Å². The number of halogens is 1. The van der Waals surface area contributed by atoms with Gasteiger partial charge in [0, 0.05) is 30.7 Å². The number of hydrogen-bond acceptors (Lipinski definition) is 3. The van der Waals surface area contributed by atoms with Crippen LogP contribution >= 0.6 is 15.9 Å². The average Bonchev–Trinajstić information content (AvgIpc) is 2.44. The van der Waals surface area contributed by atoms with Crippen LogP contribution in [-0.2, 0) is 11.3 Å². The molecule has 0 fully saturated rings. The fourth-order valence-electron chi connectivity index (χ4n) is 2.15. The second-order valence-corrected chi connectivity index (χ2v) is 7.58. The summed E-state index contributed by atoms with van der Waals surface area (Å²) < 4.78 is 6.58. The number of nitrogens with zero attached hydrogens (tertiary/aromatic N) is 1. The first-order chi connectivity index (χ1) is 10.7. The second kappa shape index (κ2) is 9.28. The lowest BCUT2D eigenvalue weighted by molar-refractivity contribution is 0.0252. The number of hydrogen-bond donors (Lipinski definition) is 1. The van der Waals surface area contributed by atoms with Crippen molar-refractivity contribution < 1.29 is 9.53 Å². The molecule has 1 amide bonds. The SMILES string of the molecule is CCCN(CCNCc1ccc(Br)c(C)c1)C(=O)OC(C)(C)C. The van der Waals surface area contributed by atoms with E-state index < -0.39 is 5.60 Å². The molecule has 23 heavy (non-hydrogen) atoms. The van der Waals surface area contributed by atoms with E-state index >= 15 is 0 Å². The zero-order valence-corrected chi connectivity index (χ0v) is 16.5. The quantitative estimate of drug-likeness (QED) is 0.703. The highest BCUT2D eigenvalue weighted by molar-refractivity contribution is 9.10. The molecule has 0 aliphatic rings. The molecule has 0 saturated carbocycles. The minimum absolute atomic E-state index is 0.236. The van der Waals surface area contributed by atoms with Gasteiger partial charge in [0.1, 0.15) is 5.60 Å². The van der Waals surface area contributed by atoms with Crippen molar-refractivity contribution in [3.8, 4) is 0 Å². The molecule has 130 valence electrons. The summed E-state index contributed by atoms with van der Waals surface area (Å²) in [5, 5.41) is 3.39. The van der Waals surface area contributed by atoms with Gasteiger partial charge >= 0.3 is 6.09 Å². The summed E-state index contributed by atoms with van der Waals surface area (Å²) in [6.45, 7) is 12.7. The number of ether oxygens (including phenoxy) is 1. The van der Waals surface area contributed by atoms with Crippen LogP contribution in [0.2, 0.25) is 0 Å². The maximum atomic E-state index is 12.2. The molecule has 1 rings (SSSR count). The van der Waals surface area contributed by atoms with E-state index in [1.807, 2.05) is 20.8 Å². The van der Waals surface area contributed by atoms with Crippen LogP contribution in [-0.4, -0.2) is 36.2 Å². The van der Waals surface area contributed by atoms with Crippen LogP contribution < -0.4 is 5.32 Å². The highest BCUT2D eigenvalue weighted by atomic mass is 79.9. The summed E-state index contributed by atoms with van der Waals surface area (Å²) in [7, 11) is 0. The average molecular weight is 385 g/mol. The van der Waals surface area contributed by atoms with Gasteiger partial charge in [-0.1, -0.05) is 35.0 Å². The molecule has 0 aromatic heterocycles. The third-order valence-electron chi connectivity index (χ3n) is 3.26. The Morgan fingerprint density at radius 3 is 2.57 bits per heavy atom. The molecule has 0 bridgehead atoms. The molecule has 0 unspecified atom stereocenters. The van der Waals surface area contributed by atoms with Crippen molar-refractivity contribution in [1.82, 2.24) is 10.2 Å². The summed E-state index contributed by atoms with van der Waals surface area (Å²) in [4.78, 5) is 13.9. The summed E-state index contributed by atoms with van der Waals surface area (Å²) in [6, 6.07) is 6.33. The largest absolute Gasteiger partial charge is 0.444 e. The van der Waals surface area contributed by atoms with Gasteiger partial charge in [0.25, 0.3) is 0 Å². The van der Waals surface area contributed by atoms with Crippen molar-refractivity contribution >= 4 is 22.0 Å². The molecule has 0 aliphatic carbocycles. The molecular weight excluding hydrogens is 356 g/mol. The molecule has 0 saturated heterocycles. The molecule has 4 nitrogen and oxygen atoms in total. The highest BCUT2D eigenvalue weighted by Gasteiger charge is 2.21. The normalized spacial score (nSPS) is 11.4. The fraction of sp³-hybridized carbons (Fsp3) is 0.611. The topological polar surface area (TPSA) is 41.6 Å². The first kappa shape index (κ1) is 20.0. The number of nitrogens with one attached hydrogen (secondary N) is 1. The highest BCUT2D eigenvalue weighted by Crippen LogP contribution is 2.17. The summed E-state index contributed by atoms with van der Waals surface area (Å²) in [5.74, 6) is 0. The van der Waals surface area contributed by atoms with Crippen LogP contribution in [0.4, 0.5) is 4.79 Å². The van der Waals surface area contributed by atoms with Gasteiger partial charge in [-0.25, -0.2) is 4.79 Å². The fourth-order valence-corrected chi connectivity index (χ4v) is 2.40. The van der Waals surface area contributed by atoms with Gasteiger partial charge in [0.15, 0.2) is 0 Å². The van der Waals surface area contributed by atoms with E-state index in [1.54, 1.807) is 4.90 Å². The maximum absolute atomic E-state index is 12.2. The number of rotatable bonds is 7. The zero-order valence-electron chi connectivity index (χ0n) is 14.9. The van der Waals surface area contributed by atoms with E-state index in [0.29, 0.717) is 13.1 Å². The van der Waals surface area contributed by atoms with Crippen LogP contribution in [0.3, 0.4) is 0 Å². The van der Waals surface area contributed by atoms with Gasteiger partial charge in [-0.15, -0.1) is 0 Å². The van der Waals surface area contributed by atoms with Crippen molar-refractivity contribution in [3.63, 3.8) is 0 Å². The lowest BCUT2D eigenvalue weighted by Gasteiger charge is -2.27. The van der Waals surface area contributed by atoms with Crippen LogP contribution in [0, 0.1) is 6.92 Å². The standard InChI is InChI=1S/C18H29BrN2O2/c1-6-10-21(17(22)23-18(3,4)5)11-9-20-13-15-7-8-16(19)14(2)12-15/h7-8,12,20H,6,9-11,13H2,1-5H3. The van der Waals surface area contributed by atoms with Crippen molar-refractivity contribution in [2.45, 2.75) is 53.2 Å². The Hall–Kier alpha value is -1.07. The van der Waals surface area contributed by atoms with Gasteiger partial charge in [-0.05, 0) is 51.3 Å². The van der Waals surface area contributed by atoms with E-state index in [1.165, 1.54) is 11.1 Å². The number of benzene rings is 1. The van der Waals surface area contributed by atoms with Crippen LogP contribution in [0.5, 0.6) is 0 Å². The first-order valence-corrected chi connectivity index (χ1v) is 8.96. The van der Waals surface area contributed by atoms with E-state index in [-0.39, 0.29) is 6.09 Å². The first-order valence-electron chi connectivity index (χ1n) is 8.16. The molecule has 5 heteroatoms. The van der Waals surface area contributed by atoms with E-state index in [9.17, 15) is 4.79 Å². The van der Waals surface area contributed by atoms with Gasteiger partial charge in [-0.2, -0.15) is 0 Å². The smallest absolute Gasteiger partial charge is 0.410 e. The van der Waals surface area contributed by atoms with Crippen LogP contribution in [0.25, 0.3) is 0 Å². The van der Waals surface area contributed by atoms with Crippen molar-refractivity contribution in [2.24, 2.45) is 0 Å². The second-order valence-electron chi connectivity index (χ2n) is 6.73. The molecule has 0 radical (unpaired) electrons. The van der Waals surface area contributed by atoms with Gasteiger partial charge < -0.3 is 15.0 Å². The van der Waals surface area contributed by atoms with Crippen molar-refractivity contribution in [2.75, 3.05) is 19.6 Å². The van der Waals surface area contributed by atoms with Crippen LogP contribution in [0.1, 0.15) is 45.2 Å². The molecule has 0 spiro atoms. The Balaban J connectivity index is 2.43. The molecule has 0 aliphatic heterocycles.